The molecule has 2 rings (SSSR count). The van der Waals surface area contributed by atoms with Crippen LogP contribution in [-0.2, 0) is 9.59 Å². The Morgan fingerprint density at radius 3 is 2.50 bits per heavy atom. The van der Waals surface area contributed by atoms with Crippen LogP contribution in [0, 0.1) is 0 Å². The Kier molecular flexibility index (Phi) is 8.34. The Bertz CT molecular complexity index is 866. The van der Waals surface area contributed by atoms with E-state index in [0.717, 1.165) is 0 Å². The molecule has 28 heavy (non-hydrogen) atoms. The summed E-state index contributed by atoms with van der Waals surface area (Å²) in [6.07, 6.45) is 3.59. The minimum Gasteiger partial charge on any atom is -0.480 e. The molecule has 1 atom stereocenters. The molecule has 7 nitrogen and oxygen atoms in total. The van der Waals surface area contributed by atoms with Crippen LogP contribution in [0.1, 0.15) is 22.5 Å². The number of hydrogen-bond acceptors (Lipinski definition) is 5. The highest BCUT2D eigenvalue weighted by molar-refractivity contribution is 9.10. The Morgan fingerprint density at radius 2 is 1.93 bits per heavy atom. The largest absolute Gasteiger partial charge is 0.480 e. The number of hydrogen-bond donors (Lipinski definition) is 3. The second-order valence-electron chi connectivity index (χ2n) is 5.67. The smallest absolute Gasteiger partial charge is 0.326 e. The first-order valence-corrected chi connectivity index (χ1v) is 10.5. The van der Waals surface area contributed by atoms with Crippen LogP contribution in [0.15, 0.2) is 57.2 Å². The van der Waals surface area contributed by atoms with E-state index in [1.807, 2.05) is 12.3 Å². The number of aliphatic carboxylic acids is 1. The van der Waals surface area contributed by atoms with Gasteiger partial charge in [-0.2, -0.15) is 11.8 Å². The van der Waals surface area contributed by atoms with Crippen LogP contribution in [-0.4, -0.2) is 40.9 Å². The van der Waals surface area contributed by atoms with Crippen molar-refractivity contribution in [3.63, 3.8) is 0 Å². The number of thioether (sulfide) groups is 1. The van der Waals surface area contributed by atoms with Crippen LogP contribution in [0.25, 0.3) is 6.08 Å². The van der Waals surface area contributed by atoms with Gasteiger partial charge in [-0.1, -0.05) is 30.3 Å². The van der Waals surface area contributed by atoms with E-state index in [1.165, 1.54) is 23.9 Å². The number of rotatable bonds is 9. The number of amides is 2. The van der Waals surface area contributed by atoms with E-state index in [9.17, 15) is 19.5 Å². The number of carboxylic acids is 1. The zero-order chi connectivity index (χ0) is 20.5. The molecule has 0 fully saturated rings. The summed E-state index contributed by atoms with van der Waals surface area (Å²) in [5.74, 6) is -1.88. The lowest BCUT2D eigenvalue weighted by Crippen LogP contribution is -2.44. The number of carbonyl (C=O) groups excluding carboxylic acids is 2. The van der Waals surface area contributed by atoms with E-state index in [2.05, 4.69) is 26.6 Å². The molecule has 9 heteroatoms. The van der Waals surface area contributed by atoms with Gasteiger partial charge in [0, 0.05) is 0 Å². The van der Waals surface area contributed by atoms with Crippen LogP contribution in [0.2, 0.25) is 0 Å². The average Bonchev–Trinajstić information content (AvgIpc) is 3.11. The zero-order valence-electron chi connectivity index (χ0n) is 15.0. The fraction of sp³-hybridized carbons (Fsp3) is 0.211. The molecule has 1 aromatic heterocycles. The molecule has 0 bridgehead atoms. The highest BCUT2D eigenvalue weighted by atomic mass is 79.9. The number of carboxylic acid groups (broad SMARTS) is 1. The van der Waals surface area contributed by atoms with Crippen molar-refractivity contribution in [3.8, 4) is 0 Å². The van der Waals surface area contributed by atoms with Gasteiger partial charge in [0.2, 0.25) is 0 Å². The Hall–Kier alpha value is -2.52. The number of furan rings is 1. The van der Waals surface area contributed by atoms with E-state index < -0.39 is 23.8 Å². The Morgan fingerprint density at radius 1 is 1.21 bits per heavy atom. The number of benzene rings is 1. The summed E-state index contributed by atoms with van der Waals surface area (Å²) < 4.78 is 5.57. The van der Waals surface area contributed by atoms with Crippen molar-refractivity contribution in [2.45, 2.75) is 12.5 Å². The van der Waals surface area contributed by atoms with Gasteiger partial charge in [-0.05, 0) is 58.1 Å². The van der Waals surface area contributed by atoms with Crippen molar-refractivity contribution < 1.29 is 23.9 Å². The summed E-state index contributed by atoms with van der Waals surface area (Å²) in [4.78, 5) is 36.5. The van der Waals surface area contributed by atoms with E-state index in [1.54, 1.807) is 30.3 Å². The molecule has 3 N–H and O–H groups in total. The standard InChI is InChI=1S/C19H19BrN2O5S/c1-28-10-9-13(19(25)26)21-17(23)14(11-12-5-3-2-4-6-12)22-18(24)15-7-8-16(20)27-15/h2-8,11,13H,9-10H2,1H3,(H,21,23)(H,22,24)(H,25,26)/b14-11-/t13-/m1/s1. The van der Waals surface area contributed by atoms with E-state index in [4.69, 9.17) is 4.42 Å². The van der Waals surface area contributed by atoms with E-state index >= 15 is 0 Å². The number of nitrogens with one attached hydrogen (secondary N) is 2. The van der Waals surface area contributed by atoms with Gasteiger partial charge in [0.1, 0.15) is 11.7 Å². The molecule has 0 radical (unpaired) electrons. The predicted octanol–water partition coefficient (Wildman–Crippen LogP) is 3.14. The summed E-state index contributed by atoms with van der Waals surface area (Å²) in [5, 5.41) is 14.3. The van der Waals surface area contributed by atoms with Crippen molar-refractivity contribution in [1.29, 1.82) is 0 Å². The Balaban J connectivity index is 2.24. The first-order chi connectivity index (χ1) is 13.4. The summed E-state index contributed by atoms with van der Waals surface area (Å²) >= 11 is 4.59. The monoisotopic (exact) mass is 466 g/mol. The molecule has 2 aromatic rings. The maximum absolute atomic E-state index is 12.7. The van der Waals surface area contributed by atoms with Crippen molar-refractivity contribution in [1.82, 2.24) is 10.6 Å². The third-order valence-electron chi connectivity index (χ3n) is 3.61. The fourth-order valence-electron chi connectivity index (χ4n) is 2.22. The maximum Gasteiger partial charge on any atom is 0.326 e. The SMILES string of the molecule is CSCC[C@@H](NC(=O)/C(=C/c1ccccc1)NC(=O)c1ccc(Br)o1)C(=O)O. The first kappa shape index (κ1) is 21.8. The van der Waals surface area contributed by atoms with Gasteiger partial charge in [0.15, 0.2) is 10.4 Å². The predicted molar refractivity (Wildman–Crippen MR) is 111 cm³/mol. The average molecular weight is 467 g/mol. The molecule has 0 spiro atoms. The molecule has 148 valence electrons. The lowest BCUT2D eigenvalue weighted by Gasteiger charge is -2.16. The van der Waals surface area contributed by atoms with Gasteiger partial charge in [0.25, 0.3) is 11.8 Å². The van der Waals surface area contributed by atoms with Crippen LogP contribution in [0.3, 0.4) is 0 Å². The Labute approximate surface area is 174 Å². The number of halogens is 1. The molecule has 0 aliphatic heterocycles. The third kappa shape index (κ3) is 6.58. The highest BCUT2D eigenvalue weighted by Crippen LogP contribution is 2.15. The van der Waals surface area contributed by atoms with E-state index in [0.29, 0.717) is 16.0 Å². The minimum absolute atomic E-state index is 0.0100. The van der Waals surface area contributed by atoms with Gasteiger partial charge in [-0.3, -0.25) is 9.59 Å². The van der Waals surface area contributed by atoms with Gasteiger partial charge in [-0.25, -0.2) is 4.79 Å². The molecule has 0 saturated heterocycles. The second-order valence-corrected chi connectivity index (χ2v) is 7.44. The molecular formula is C19H19BrN2O5S. The summed E-state index contributed by atoms with van der Waals surface area (Å²) in [5.41, 5.74) is 0.587. The third-order valence-corrected chi connectivity index (χ3v) is 4.68. The summed E-state index contributed by atoms with van der Waals surface area (Å²) in [6.45, 7) is 0. The lowest BCUT2D eigenvalue weighted by molar-refractivity contribution is -0.141. The molecule has 0 unspecified atom stereocenters. The van der Waals surface area contributed by atoms with Gasteiger partial charge in [0.05, 0.1) is 0 Å². The van der Waals surface area contributed by atoms with Crippen molar-refractivity contribution in [2.24, 2.45) is 0 Å². The zero-order valence-corrected chi connectivity index (χ0v) is 17.4. The summed E-state index contributed by atoms with van der Waals surface area (Å²) in [7, 11) is 0. The molecule has 1 aromatic carbocycles. The summed E-state index contributed by atoms with van der Waals surface area (Å²) in [6, 6.07) is 10.8. The van der Waals surface area contributed by atoms with Crippen LogP contribution < -0.4 is 10.6 Å². The van der Waals surface area contributed by atoms with Crippen LogP contribution >= 0.6 is 27.7 Å². The van der Waals surface area contributed by atoms with Crippen molar-refractivity contribution in [3.05, 3.63) is 64.2 Å². The molecule has 0 saturated carbocycles. The molecule has 1 heterocycles. The van der Waals surface area contributed by atoms with Crippen LogP contribution in [0.5, 0.6) is 0 Å². The number of carbonyl (C=O) groups is 3. The second kappa shape index (κ2) is 10.7. The van der Waals surface area contributed by atoms with Crippen LogP contribution in [0.4, 0.5) is 0 Å². The van der Waals surface area contributed by atoms with E-state index in [-0.39, 0.29) is 17.9 Å². The van der Waals surface area contributed by atoms with Crippen molar-refractivity contribution in [2.75, 3.05) is 12.0 Å². The first-order valence-electron chi connectivity index (χ1n) is 8.26. The molecule has 2 amide bonds. The van der Waals surface area contributed by atoms with Gasteiger partial charge in [-0.15, -0.1) is 0 Å². The lowest BCUT2D eigenvalue weighted by atomic mass is 10.1. The topological polar surface area (TPSA) is 109 Å². The molecule has 0 aliphatic rings. The molecule has 0 aliphatic carbocycles. The highest BCUT2D eigenvalue weighted by Gasteiger charge is 2.23. The minimum atomic E-state index is -1.14. The fourth-order valence-corrected chi connectivity index (χ4v) is 3.00. The van der Waals surface area contributed by atoms with Gasteiger partial charge < -0.3 is 20.2 Å². The maximum atomic E-state index is 12.7. The van der Waals surface area contributed by atoms with Gasteiger partial charge >= 0.3 is 5.97 Å². The van der Waals surface area contributed by atoms with Crippen molar-refractivity contribution >= 4 is 51.6 Å². The molecular weight excluding hydrogens is 448 g/mol. The normalized spacial score (nSPS) is 12.3. The quantitative estimate of drug-likeness (QED) is 0.489.